The Morgan fingerprint density at radius 2 is 2.11 bits per heavy atom. The minimum Gasteiger partial charge on any atom is -0.497 e. The average molecular weight is 369 g/mol. The van der Waals surface area contributed by atoms with Crippen LogP contribution in [0.2, 0.25) is 0 Å². The zero-order valence-corrected chi connectivity index (χ0v) is 16.2. The molecule has 1 aromatic heterocycles. The zero-order valence-electron chi connectivity index (χ0n) is 16.2. The zero-order chi connectivity index (χ0) is 19.6. The predicted molar refractivity (Wildman–Crippen MR) is 100 cm³/mol. The number of nitrogens with zero attached hydrogens (tertiary/aromatic N) is 3. The molecule has 1 saturated heterocycles. The second-order valence-corrected chi connectivity index (χ2v) is 6.87. The van der Waals surface area contributed by atoms with E-state index in [2.05, 4.69) is 5.10 Å². The lowest BCUT2D eigenvalue weighted by molar-refractivity contribution is -0.941. The summed E-state index contributed by atoms with van der Waals surface area (Å²) in [5.41, 5.74) is 2.33. The van der Waals surface area contributed by atoms with Crippen molar-refractivity contribution >= 4 is 0 Å². The summed E-state index contributed by atoms with van der Waals surface area (Å²) in [5.74, 6) is 1.54. The lowest BCUT2D eigenvalue weighted by atomic mass is 10.0. The van der Waals surface area contributed by atoms with Crippen LogP contribution >= 0.6 is 0 Å². The minimum absolute atomic E-state index is 0.180. The number of hydrogen-bond donors (Lipinski definition) is 1. The molecule has 0 aliphatic carbocycles. The van der Waals surface area contributed by atoms with Gasteiger partial charge in [-0.1, -0.05) is 0 Å². The van der Waals surface area contributed by atoms with Gasteiger partial charge in [0.1, 0.15) is 29.2 Å². The van der Waals surface area contributed by atoms with Crippen molar-refractivity contribution in [3.63, 3.8) is 0 Å². The fourth-order valence-electron chi connectivity index (χ4n) is 3.79. The van der Waals surface area contributed by atoms with Gasteiger partial charge in [-0.15, -0.1) is 0 Å². The van der Waals surface area contributed by atoms with Crippen molar-refractivity contribution in [2.75, 3.05) is 20.8 Å². The molecule has 1 unspecified atom stereocenters. The standard InChI is InChI=1S/C20H24N4O3/c1-13-14(2)22-24(20(25)17(13)11-21)12-23-9-5-6-18(23)16-8-7-15(26-3)10-19(16)27-4/h7-8,10,18H,5-6,9,12H2,1-4H3/p+1/t18-/m0/s1. The molecule has 1 N–H and O–H groups in total. The van der Waals surface area contributed by atoms with E-state index in [0.717, 1.165) is 36.4 Å². The second kappa shape index (κ2) is 7.80. The average Bonchev–Trinajstić information content (AvgIpc) is 3.14. The maximum absolute atomic E-state index is 12.6. The molecule has 1 aliphatic heterocycles. The van der Waals surface area contributed by atoms with Crippen molar-refractivity contribution < 1.29 is 14.4 Å². The molecule has 7 heteroatoms. The first-order valence-electron chi connectivity index (χ1n) is 9.05. The number of ether oxygens (including phenoxy) is 2. The van der Waals surface area contributed by atoms with Crippen molar-refractivity contribution in [2.24, 2.45) is 0 Å². The van der Waals surface area contributed by atoms with Crippen LogP contribution in [0.25, 0.3) is 0 Å². The number of aryl methyl sites for hydroxylation is 1. The molecule has 1 aromatic carbocycles. The highest BCUT2D eigenvalue weighted by atomic mass is 16.5. The van der Waals surface area contributed by atoms with Gasteiger partial charge in [0.15, 0.2) is 6.67 Å². The molecule has 2 atom stereocenters. The van der Waals surface area contributed by atoms with Crippen molar-refractivity contribution in [1.29, 1.82) is 5.26 Å². The number of quaternary nitrogens is 1. The van der Waals surface area contributed by atoms with Gasteiger partial charge < -0.3 is 14.4 Å². The molecular weight excluding hydrogens is 344 g/mol. The molecule has 2 aromatic rings. The number of methoxy groups -OCH3 is 2. The van der Waals surface area contributed by atoms with Crippen molar-refractivity contribution in [3.05, 3.63) is 50.9 Å². The largest absolute Gasteiger partial charge is 0.497 e. The third kappa shape index (κ3) is 3.53. The predicted octanol–water partition coefficient (Wildman–Crippen LogP) is 1.13. The highest BCUT2D eigenvalue weighted by molar-refractivity contribution is 5.42. The first-order valence-corrected chi connectivity index (χ1v) is 9.05. The maximum atomic E-state index is 12.6. The monoisotopic (exact) mass is 369 g/mol. The van der Waals surface area contributed by atoms with Gasteiger partial charge in [-0.2, -0.15) is 15.0 Å². The Bertz CT molecular complexity index is 945. The Morgan fingerprint density at radius 1 is 1.33 bits per heavy atom. The van der Waals surface area contributed by atoms with Crippen LogP contribution < -0.4 is 19.9 Å². The number of likely N-dealkylation sites (tertiary alicyclic amines) is 1. The van der Waals surface area contributed by atoms with E-state index in [-0.39, 0.29) is 17.2 Å². The molecule has 0 radical (unpaired) electrons. The third-order valence-corrected chi connectivity index (χ3v) is 5.40. The van der Waals surface area contributed by atoms with Gasteiger partial charge in [0.2, 0.25) is 0 Å². The van der Waals surface area contributed by atoms with Crippen LogP contribution in [0.15, 0.2) is 23.0 Å². The van der Waals surface area contributed by atoms with Crippen LogP contribution in [0.1, 0.15) is 41.3 Å². The quantitative estimate of drug-likeness (QED) is 0.854. The van der Waals surface area contributed by atoms with Gasteiger partial charge in [-0.05, 0) is 31.5 Å². The lowest BCUT2D eigenvalue weighted by Crippen LogP contribution is -3.10. The van der Waals surface area contributed by atoms with Crippen molar-refractivity contribution in [2.45, 2.75) is 39.4 Å². The minimum atomic E-state index is -0.319. The lowest BCUT2D eigenvalue weighted by Gasteiger charge is -2.24. The van der Waals surface area contributed by atoms with Crippen LogP contribution in [0.5, 0.6) is 11.5 Å². The van der Waals surface area contributed by atoms with Gasteiger partial charge in [0, 0.05) is 18.9 Å². The van der Waals surface area contributed by atoms with E-state index in [4.69, 9.17) is 9.47 Å². The van der Waals surface area contributed by atoms with E-state index in [1.807, 2.05) is 31.2 Å². The van der Waals surface area contributed by atoms with E-state index < -0.39 is 0 Å². The van der Waals surface area contributed by atoms with Gasteiger partial charge in [0.05, 0.1) is 32.0 Å². The Labute approximate surface area is 158 Å². The molecule has 3 rings (SSSR count). The Kier molecular flexibility index (Phi) is 5.47. The number of aromatic nitrogens is 2. The molecule has 0 spiro atoms. The SMILES string of the molecule is COc1ccc([C@@H]2CCC[NH+]2Cn2nc(C)c(C)c(C#N)c2=O)c(OC)c1. The molecule has 1 aliphatic rings. The molecule has 0 amide bonds. The summed E-state index contributed by atoms with van der Waals surface area (Å²) >= 11 is 0. The Balaban J connectivity index is 1.94. The maximum Gasteiger partial charge on any atom is 0.289 e. The normalized spacial score (nSPS) is 18.9. The van der Waals surface area contributed by atoms with E-state index in [0.29, 0.717) is 17.9 Å². The molecule has 7 nitrogen and oxygen atoms in total. The van der Waals surface area contributed by atoms with Gasteiger partial charge in [-0.25, -0.2) is 0 Å². The van der Waals surface area contributed by atoms with E-state index >= 15 is 0 Å². The summed E-state index contributed by atoms with van der Waals surface area (Å²) < 4.78 is 12.3. The molecule has 2 heterocycles. The topological polar surface area (TPSA) is 81.6 Å². The molecule has 27 heavy (non-hydrogen) atoms. The Morgan fingerprint density at radius 3 is 2.78 bits per heavy atom. The summed E-state index contributed by atoms with van der Waals surface area (Å²) in [5, 5.41) is 13.8. The summed E-state index contributed by atoms with van der Waals surface area (Å²) in [4.78, 5) is 13.9. The highest BCUT2D eigenvalue weighted by Crippen LogP contribution is 2.31. The smallest absolute Gasteiger partial charge is 0.289 e. The van der Waals surface area contributed by atoms with E-state index in [1.165, 1.54) is 9.58 Å². The first kappa shape index (κ1) is 18.9. The number of benzene rings is 1. The van der Waals surface area contributed by atoms with Gasteiger partial charge >= 0.3 is 0 Å². The fourth-order valence-corrected chi connectivity index (χ4v) is 3.79. The van der Waals surface area contributed by atoms with Gasteiger partial charge in [0.25, 0.3) is 5.56 Å². The summed E-state index contributed by atoms with van der Waals surface area (Å²) in [7, 11) is 3.29. The second-order valence-electron chi connectivity index (χ2n) is 6.87. The number of hydrogen-bond acceptors (Lipinski definition) is 5. The fraction of sp³-hybridized carbons (Fsp3) is 0.450. The van der Waals surface area contributed by atoms with E-state index in [1.54, 1.807) is 21.1 Å². The third-order valence-electron chi connectivity index (χ3n) is 5.40. The molecular formula is C20H25N4O3+. The first-order chi connectivity index (χ1) is 13.0. The summed E-state index contributed by atoms with van der Waals surface area (Å²) in [6.45, 7) is 4.95. The summed E-state index contributed by atoms with van der Waals surface area (Å²) in [6.07, 6.45) is 2.06. The van der Waals surface area contributed by atoms with Crippen LogP contribution in [0.4, 0.5) is 0 Å². The summed E-state index contributed by atoms with van der Waals surface area (Å²) in [6, 6.07) is 8.08. The highest BCUT2D eigenvalue weighted by Gasteiger charge is 2.33. The Hall–Kier alpha value is -2.85. The van der Waals surface area contributed by atoms with Crippen LogP contribution in [-0.4, -0.2) is 30.5 Å². The molecule has 1 fully saturated rings. The van der Waals surface area contributed by atoms with E-state index in [9.17, 15) is 10.1 Å². The van der Waals surface area contributed by atoms with Crippen LogP contribution in [-0.2, 0) is 6.67 Å². The van der Waals surface area contributed by atoms with Crippen LogP contribution in [0.3, 0.4) is 0 Å². The number of rotatable bonds is 5. The van der Waals surface area contributed by atoms with Crippen molar-refractivity contribution in [3.8, 4) is 17.6 Å². The number of nitriles is 1. The van der Waals surface area contributed by atoms with Crippen LogP contribution in [0, 0.1) is 25.2 Å². The molecule has 142 valence electrons. The number of nitrogens with one attached hydrogen (secondary N) is 1. The van der Waals surface area contributed by atoms with Crippen molar-refractivity contribution in [1.82, 2.24) is 9.78 Å². The van der Waals surface area contributed by atoms with Gasteiger partial charge in [-0.3, -0.25) is 4.79 Å². The molecule has 0 bridgehead atoms. The molecule has 0 saturated carbocycles.